The monoisotopic (exact) mass is 721 g/mol. The van der Waals surface area contributed by atoms with Gasteiger partial charge in [0.25, 0.3) is 10.0 Å². The smallest absolute Gasteiger partial charge is 0.264 e. The highest BCUT2D eigenvalue weighted by Gasteiger charge is 2.35. The molecule has 258 valence electrons. The van der Waals surface area contributed by atoms with Gasteiger partial charge in [0.15, 0.2) is 0 Å². The molecule has 0 saturated heterocycles. The van der Waals surface area contributed by atoms with Crippen LogP contribution in [0.5, 0.6) is 11.5 Å². The van der Waals surface area contributed by atoms with Crippen LogP contribution in [-0.2, 0) is 26.2 Å². The summed E-state index contributed by atoms with van der Waals surface area (Å²) in [7, 11) is -4.24. The van der Waals surface area contributed by atoms with Crippen molar-refractivity contribution in [3.8, 4) is 11.5 Å². The van der Waals surface area contributed by atoms with Crippen LogP contribution in [0, 0.1) is 6.92 Å². The molecule has 8 nitrogen and oxygen atoms in total. The van der Waals surface area contributed by atoms with Crippen LogP contribution in [0.25, 0.3) is 0 Å². The van der Waals surface area contributed by atoms with E-state index in [9.17, 15) is 18.0 Å². The van der Waals surface area contributed by atoms with Crippen molar-refractivity contribution in [2.75, 3.05) is 10.8 Å². The number of carbonyl (C=O) groups excluding carboxylic acids is 2. The minimum Gasteiger partial charge on any atom is -0.457 e. The quantitative estimate of drug-likeness (QED) is 0.149. The first-order chi connectivity index (χ1) is 23.6. The van der Waals surface area contributed by atoms with Crippen LogP contribution in [0.15, 0.2) is 102 Å². The van der Waals surface area contributed by atoms with Crippen LogP contribution in [-0.4, -0.2) is 43.8 Å². The molecular formula is C38H41Cl2N3O5S. The highest BCUT2D eigenvalue weighted by molar-refractivity contribution is 7.92. The topological polar surface area (TPSA) is 96.0 Å². The number of carbonyl (C=O) groups is 2. The molecule has 0 heterocycles. The van der Waals surface area contributed by atoms with Crippen molar-refractivity contribution < 1.29 is 22.7 Å². The predicted octanol–water partition coefficient (Wildman–Crippen LogP) is 8.55. The van der Waals surface area contributed by atoms with E-state index < -0.39 is 28.5 Å². The van der Waals surface area contributed by atoms with E-state index in [1.165, 1.54) is 17.0 Å². The molecule has 2 amide bonds. The number of sulfonamides is 1. The van der Waals surface area contributed by atoms with Crippen molar-refractivity contribution in [1.29, 1.82) is 0 Å². The molecule has 1 saturated carbocycles. The van der Waals surface area contributed by atoms with E-state index in [-0.39, 0.29) is 29.1 Å². The number of ether oxygens (including phenoxy) is 1. The predicted molar refractivity (Wildman–Crippen MR) is 195 cm³/mol. The average molecular weight is 723 g/mol. The van der Waals surface area contributed by atoms with Gasteiger partial charge in [0, 0.05) is 28.2 Å². The fourth-order valence-electron chi connectivity index (χ4n) is 5.99. The van der Waals surface area contributed by atoms with Gasteiger partial charge in [-0.05, 0) is 86.8 Å². The van der Waals surface area contributed by atoms with Crippen molar-refractivity contribution in [1.82, 2.24) is 10.2 Å². The standard InChI is InChI=1S/C38H41Cl2N3O5S/c1-3-36(38(45)41-28-11-6-4-7-12-28)42(25-33-34(39)15-10-16-35(33)40)37(44)26-43(49(46,47)32-23-17-27(2)18-24-32)29-19-21-31(22-20-29)48-30-13-8-5-9-14-30/h5,8-10,13-24,28,36H,3-4,6-7,11-12,25-26H2,1-2H3,(H,41,45)/t36-/m1/s1. The SMILES string of the molecule is CC[C@H](C(=O)NC1CCCCC1)N(Cc1c(Cl)cccc1Cl)C(=O)CN(c1ccc(Oc2ccccc2)cc1)S(=O)(=O)c1ccc(C)cc1. The first kappa shape index (κ1) is 36.2. The maximum Gasteiger partial charge on any atom is 0.264 e. The summed E-state index contributed by atoms with van der Waals surface area (Å²) in [5.74, 6) is 0.248. The molecular weight excluding hydrogens is 681 g/mol. The maximum atomic E-state index is 14.5. The highest BCUT2D eigenvalue weighted by Crippen LogP contribution is 2.31. The Bertz CT molecular complexity index is 1810. The Morgan fingerprint density at radius 2 is 1.45 bits per heavy atom. The molecule has 0 aliphatic heterocycles. The van der Waals surface area contributed by atoms with Crippen LogP contribution < -0.4 is 14.4 Å². The number of anilines is 1. The molecule has 4 aromatic carbocycles. The fraction of sp³-hybridized carbons (Fsp3) is 0.316. The van der Waals surface area contributed by atoms with E-state index in [2.05, 4.69) is 5.32 Å². The van der Waals surface area contributed by atoms with E-state index in [0.717, 1.165) is 42.0 Å². The molecule has 0 bridgehead atoms. The molecule has 0 unspecified atom stereocenters. The summed E-state index contributed by atoms with van der Waals surface area (Å²) in [6, 6.07) is 26.3. The normalized spacial score (nSPS) is 14.1. The second kappa shape index (κ2) is 16.6. The van der Waals surface area contributed by atoms with Gasteiger partial charge in [-0.2, -0.15) is 0 Å². The molecule has 1 atom stereocenters. The summed E-state index contributed by atoms with van der Waals surface area (Å²) in [5, 5.41) is 3.83. The van der Waals surface area contributed by atoms with E-state index in [0.29, 0.717) is 33.5 Å². The first-order valence-electron chi connectivity index (χ1n) is 16.5. The van der Waals surface area contributed by atoms with Crippen LogP contribution >= 0.6 is 23.2 Å². The minimum absolute atomic E-state index is 0.0196. The van der Waals surface area contributed by atoms with Gasteiger partial charge in [-0.25, -0.2) is 8.42 Å². The van der Waals surface area contributed by atoms with Crippen LogP contribution in [0.1, 0.15) is 56.6 Å². The molecule has 1 fully saturated rings. The summed E-state index contributed by atoms with van der Waals surface area (Å²) < 4.78 is 35.6. The zero-order valence-corrected chi connectivity index (χ0v) is 30.0. The van der Waals surface area contributed by atoms with Gasteiger partial charge in [0.2, 0.25) is 11.8 Å². The number of rotatable bonds is 13. The lowest BCUT2D eigenvalue weighted by Gasteiger charge is -2.34. The van der Waals surface area contributed by atoms with Gasteiger partial charge >= 0.3 is 0 Å². The molecule has 11 heteroatoms. The van der Waals surface area contributed by atoms with Crippen LogP contribution in [0.3, 0.4) is 0 Å². The van der Waals surface area contributed by atoms with Crippen molar-refractivity contribution in [2.45, 2.75) is 75.9 Å². The van der Waals surface area contributed by atoms with Gasteiger partial charge in [-0.1, -0.05) is 91.3 Å². The van der Waals surface area contributed by atoms with E-state index >= 15 is 0 Å². The zero-order chi connectivity index (χ0) is 35.0. The molecule has 0 aromatic heterocycles. The number of nitrogens with zero attached hydrogens (tertiary/aromatic N) is 2. The number of hydrogen-bond acceptors (Lipinski definition) is 5. The maximum absolute atomic E-state index is 14.5. The van der Waals surface area contributed by atoms with Gasteiger partial charge in [0.05, 0.1) is 10.6 Å². The van der Waals surface area contributed by atoms with Gasteiger partial charge < -0.3 is 15.0 Å². The van der Waals surface area contributed by atoms with Crippen molar-refractivity contribution >= 4 is 50.7 Å². The number of nitrogens with one attached hydrogen (secondary N) is 1. The fourth-order valence-corrected chi connectivity index (χ4v) is 7.92. The number of benzene rings is 4. The van der Waals surface area contributed by atoms with Crippen molar-refractivity contribution in [3.63, 3.8) is 0 Å². The minimum atomic E-state index is -4.24. The van der Waals surface area contributed by atoms with Crippen LogP contribution in [0.4, 0.5) is 5.69 Å². The Morgan fingerprint density at radius 1 is 0.837 bits per heavy atom. The summed E-state index contributed by atoms with van der Waals surface area (Å²) >= 11 is 13.1. The van der Waals surface area contributed by atoms with Gasteiger partial charge in [-0.15, -0.1) is 0 Å². The second-order valence-corrected chi connectivity index (χ2v) is 14.9. The van der Waals surface area contributed by atoms with Gasteiger partial charge in [0.1, 0.15) is 24.1 Å². The summed E-state index contributed by atoms with van der Waals surface area (Å²) in [6.07, 6.45) is 5.23. The summed E-state index contributed by atoms with van der Waals surface area (Å²) in [4.78, 5) is 29.8. The third-order valence-electron chi connectivity index (χ3n) is 8.72. The molecule has 0 spiro atoms. The van der Waals surface area contributed by atoms with Crippen LogP contribution in [0.2, 0.25) is 10.0 Å². The molecule has 1 aliphatic rings. The summed E-state index contributed by atoms with van der Waals surface area (Å²) in [5.41, 5.74) is 1.62. The third kappa shape index (κ3) is 9.15. The Hall–Kier alpha value is -4.05. The molecule has 0 radical (unpaired) electrons. The van der Waals surface area contributed by atoms with E-state index in [4.69, 9.17) is 27.9 Å². The largest absolute Gasteiger partial charge is 0.457 e. The average Bonchev–Trinajstić information content (AvgIpc) is 3.09. The number of para-hydroxylation sites is 1. The lowest BCUT2D eigenvalue weighted by Crippen LogP contribution is -2.54. The van der Waals surface area contributed by atoms with Gasteiger partial charge in [-0.3, -0.25) is 13.9 Å². The molecule has 49 heavy (non-hydrogen) atoms. The van der Waals surface area contributed by atoms with E-state index in [1.54, 1.807) is 54.6 Å². The van der Waals surface area contributed by atoms with E-state index in [1.807, 2.05) is 44.2 Å². The number of aryl methyl sites for hydroxylation is 1. The number of halogens is 2. The Balaban J connectivity index is 1.51. The highest BCUT2D eigenvalue weighted by atomic mass is 35.5. The second-order valence-electron chi connectivity index (χ2n) is 12.2. The Morgan fingerprint density at radius 3 is 2.06 bits per heavy atom. The van der Waals surface area contributed by atoms with Crippen molar-refractivity contribution in [2.24, 2.45) is 0 Å². The Kier molecular flexibility index (Phi) is 12.3. The molecule has 4 aromatic rings. The van der Waals surface area contributed by atoms with Crippen molar-refractivity contribution in [3.05, 3.63) is 118 Å². The number of hydrogen-bond donors (Lipinski definition) is 1. The first-order valence-corrected chi connectivity index (χ1v) is 18.7. The third-order valence-corrected chi connectivity index (χ3v) is 11.2. The Labute approximate surface area is 299 Å². The lowest BCUT2D eigenvalue weighted by molar-refractivity contribution is -0.140. The molecule has 1 N–H and O–H groups in total. The molecule has 5 rings (SSSR count). The zero-order valence-electron chi connectivity index (χ0n) is 27.6. The molecule has 1 aliphatic carbocycles. The lowest BCUT2D eigenvalue weighted by atomic mass is 9.95. The summed E-state index contributed by atoms with van der Waals surface area (Å²) in [6.45, 7) is 3.02. The number of amides is 2.